The van der Waals surface area contributed by atoms with E-state index in [4.69, 9.17) is 0 Å². The number of rotatable bonds is 2. The van der Waals surface area contributed by atoms with Crippen molar-refractivity contribution in [2.24, 2.45) is 0 Å². The maximum absolute atomic E-state index is 4.07. The van der Waals surface area contributed by atoms with Gasteiger partial charge in [0.15, 0.2) is 0 Å². The van der Waals surface area contributed by atoms with E-state index >= 15 is 0 Å². The average molecular weight is 592 g/mol. The number of hydrogen-bond donors (Lipinski definition) is 0. The summed E-state index contributed by atoms with van der Waals surface area (Å²) in [6, 6.07) is 15.0. The molecule has 0 aliphatic rings. The molecule has 0 unspecified atom stereocenters. The van der Waals surface area contributed by atoms with Gasteiger partial charge in [-0.1, -0.05) is 0 Å². The molecule has 2 aromatic carbocycles. The van der Waals surface area contributed by atoms with E-state index in [0.29, 0.717) is 26.1 Å². The van der Waals surface area contributed by atoms with Crippen molar-refractivity contribution in [3.05, 3.63) is 60.5 Å². The molecule has 0 aliphatic heterocycles. The summed E-state index contributed by atoms with van der Waals surface area (Å²) in [5.41, 5.74) is 2.66. The van der Waals surface area contributed by atoms with Crippen molar-refractivity contribution in [2.75, 3.05) is 0 Å². The molecule has 0 fully saturated rings. The van der Waals surface area contributed by atoms with Crippen molar-refractivity contribution >= 4 is 14.8 Å². The predicted octanol–water partition coefficient (Wildman–Crippen LogP) is 2.58. The molecule has 0 heterocycles. The van der Waals surface area contributed by atoms with Crippen LogP contribution < -0.4 is 3.07 Å². The van der Waals surface area contributed by atoms with Gasteiger partial charge in [-0.15, -0.1) is 0 Å². The zero-order valence-electron chi connectivity index (χ0n) is 9.90. The fraction of sp³-hybridized carbons (Fsp3) is 0.0714. The number of hydrogen-bond acceptors (Lipinski definition) is 0. The Morgan fingerprint density at radius 1 is 1.06 bits per heavy atom. The molecule has 0 aliphatic carbocycles. The minimum absolute atomic E-state index is 0. The van der Waals surface area contributed by atoms with Gasteiger partial charge in [0.1, 0.15) is 0 Å². The molecular formula is C14H13HfHgS. The van der Waals surface area contributed by atoms with Gasteiger partial charge in [0.05, 0.1) is 0 Å². The van der Waals surface area contributed by atoms with Crippen LogP contribution in [-0.2, 0) is 63.7 Å². The molecule has 17 heavy (non-hydrogen) atoms. The van der Waals surface area contributed by atoms with Gasteiger partial charge in [-0.3, -0.25) is 0 Å². The van der Waals surface area contributed by atoms with E-state index in [1.807, 2.05) is 0 Å². The third kappa shape index (κ3) is 3.97. The largest absolute Gasteiger partial charge is 0 e. The van der Waals surface area contributed by atoms with Gasteiger partial charge >= 0.3 is 118 Å². The summed E-state index contributed by atoms with van der Waals surface area (Å²) in [5, 5.41) is 0. The standard InChI is InChI=1S/C14H12S.Hf.Hg/c1-11-8-9-14(12(2)10-11)15-13-6-4-3-5-7-13;;/h3-9H,1H2,2H3;;/q-1;;/p+1. The Bertz CT molecular complexity index is 497. The van der Waals surface area contributed by atoms with Crippen molar-refractivity contribution in [1.82, 2.24) is 0 Å². The van der Waals surface area contributed by atoms with Crippen LogP contribution >= 0.6 is 0 Å². The van der Waals surface area contributed by atoms with Crippen LogP contribution in [0.4, 0.5) is 0 Å². The van der Waals surface area contributed by atoms with Gasteiger partial charge in [0.25, 0.3) is 0 Å². The Labute approximate surface area is 142 Å². The van der Waals surface area contributed by atoms with Crippen LogP contribution in [0.25, 0.3) is 0 Å². The second-order valence-electron chi connectivity index (χ2n) is 3.79. The summed E-state index contributed by atoms with van der Waals surface area (Å²) in [5.74, 6) is 0. The molecule has 0 N–H and O–H groups in total. The van der Waals surface area contributed by atoms with Crippen LogP contribution in [0.1, 0.15) is 11.1 Å². The van der Waals surface area contributed by atoms with Crippen LogP contribution in [0.15, 0.2) is 52.3 Å². The molecule has 3 heteroatoms. The van der Waals surface area contributed by atoms with Gasteiger partial charge in [-0.25, -0.2) is 0 Å². The van der Waals surface area contributed by atoms with Crippen LogP contribution in [0.5, 0.6) is 0 Å². The van der Waals surface area contributed by atoms with Gasteiger partial charge < -0.3 is 0 Å². The van der Waals surface area contributed by atoms with E-state index in [2.05, 4.69) is 56.3 Å². The molecule has 0 aromatic heterocycles. The maximum atomic E-state index is 4.07. The van der Waals surface area contributed by atoms with E-state index in [-0.39, 0.29) is 25.8 Å². The van der Waals surface area contributed by atoms with E-state index in [1.54, 1.807) is 0 Å². The molecule has 0 bridgehead atoms. The van der Waals surface area contributed by atoms with E-state index in [9.17, 15) is 0 Å². The number of thiol groups is 1. The summed E-state index contributed by atoms with van der Waals surface area (Å²) in [7, 11) is 0. The monoisotopic (exact) mass is 595 g/mol. The summed E-state index contributed by atoms with van der Waals surface area (Å²) < 4.78 is 1.50. The molecule has 0 nitrogen and oxygen atoms in total. The van der Waals surface area contributed by atoms with Crippen LogP contribution in [0, 0.1) is 13.8 Å². The minimum atomic E-state index is 0. The zero-order chi connectivity index (χ0) is 11.5. The van der Waals surface area contributed by atoms with Crippen LogP contribution in [0.3, 0.4) is 0 Å². The third-order valence-electron chi connectivity index (χ3n) is 2.67. The van der Waals surface area contributed by atoms with Gasteiger partial charge in [0.2, 0.25) is 0 Å². The molecule has 0 atom stereocenters. The van der Waals surface area contributed by atoms with E-state index < -0.39 is 0 Å². The second kappa shape index (κ2) is 7.15. The summed E-state index contributed by atoms with van der Waals surface area (Å²) in [6.07, 6.45) is 0. The van der Waals surface area contributed by atoms with Crippen molar-refractivity contribution < 1.29 is 52.0 Å². The maximum Gasteiger partial charge on any atom is 0 e. The zero-order valence-corrected chi connectivity index (χ0v) is 19.9. The molecule has 2 aromatic rings. The van der Waals surface area contributed by atoms with Crippen LogP contribution in [-0.4, -0.2) is 0 Å². The summed E-state index contributed by atoms with van der Waals surface area (Å²) >= 11 is 1.96. The summed E-state index contributed by atoms with van der Waals surface area (Å²) in [4.78, 5) is 2.78. The SMILES string of the molecule is [CH2-]c1ccc([SH+]c2ccccc2)c(C)[c]1[Hg].[Hf]. The molecule has 0 saturated heterocycles. The number of benzene rings is 2. The van der Waals surface area contributed by atoms with Crippen molar-refractivity contribution in [1.29, 1.82) is 0 Å². The first-order valence-corrected chi connectivity index (χ1v) is 8.87. The van der Waals surface area contributed by atoms with Gasteiger partial charge in [-0.05, 0) is 0 Å². The van der Waals surface area contributed by atoms with E-state index in [1.165, 1.54) is 35.8 Å². The molecule has 81 valence electrons. The molecule has 0 radical (unpaired) electrons. The Morgan fingerprint density at radius 3 is 2.35 bits per heavy atom. The quantitative estimate of drug-likeness (QED) is 0.218. The molecular weight excluding hydrogens is 579 g/mol. The summed E-state index contributed by atoms with van der Waals surface area (Å²) in [6.45, 7) is 6.30. The smallest absolute Gasteiger partial charge is 0 e. The predicted molar refractivity (Wildman–Crippen MR) is 67.0 cm³/mol. The van der Waals surface area contributed by atoms with Gasteiger partial charge in [0, 0.05) is 25.8 Å². The third-order valence-corrected chi connectivity index (χ3v) is 7.78. The van der Waals surface area contributed by atoms with Crippen LogP contribution in [0.2, 0.25) is 0 Å². The van der Waals surface area contributed by atoms with E-state index in [0.717, 1.165) is 0 Å². The average Bonchev–Trinajstić information content (AvgIpc) is 2.31. The Balaban J connectivity index is 0.00000144. The first kappa shape index (κ1) is 15.5. The fourth-order valence-corrected chi connectivity index (χ4v) is 4.39. The molecule has 2 rings (SSSR count). The second-order valence-corrected chi connectivity index (χ2v) is 7.77. The topological polar surface area (TPSA) is 0 Å². The van der Waals surface area contributed by atoms with Crippen molar-refractivity contribution in [3.63, 3.8) is 0 Å². The Morgan fingerprint density at radius 2 is 1.71 bits per heavy atom. The van der Waals surface area contributed by atoms with Gasteiger partial charge in [-0.2, -0.15) is 0 Å². The first-order chi connectivity index (χ1) is 7.68. The fourth-order valence-electron chi connectivity index (χ4n) is 1.56. The molecule has 0 spiro atoms. The minimum Gasteiger partial charge on any atom is 0 e. The Hall–Kier alpha value is 0.465. The first-order valence-electron chi connectivity index (χ1n) is 5.23. The molecule has 0 saturated carbocycles. The van der Waals surface area contributed by atoms with Crippen molar-refractivity contribution in [2.45, 2.75) is 16.7 Å². The normalized spacial score (nSPS) is 9.82. The Kier molecular flexibility index (Phi) is 6.53. The molecule has 0 amide bonds. The van der Waals surface area contributed by atoms with Crippen molar-refractivity contribution in [3.8, 4) is 0 Å².